The van der Waals surface area contributed by atoms with E-state index in [0.29, 0.717) is 5.88 Å². The molecule has 0 spiro atoms. The van der Waals surface area contributed by atoms with E-state index in [1.165, 1.54) is 14.2 Å². The Morgan fingerprint density at radius 2 is 2.17 bits per heavy atom. The van der Waals surface area contributed by atoms with Crippen molar-refractivity contribution in [2.45, 2.75) is 0 Å². The second kappa shape index (κ2) is 5.05. The second-order valence-electron chi connectivity index (χ2n) is 3.81. The summed E-state index contributed by atoms with van der Waals surface area (Å²) in [6, 6.07) is 7.68. The Morgan fingerprint density at radius 1 is 1.44 bits per heavy atom. The highest BCUT2D eigenvalue weighted by Gasteiger charge is 2.13. The van der Waals surface area contributed by atoms with Gasteiger partial charge in [0.2, 0.25) is 5.88 Å². The van der Waals surface area contributed by atoms with E-state index in [9.17, 15) is 4.79 Å². The average Bonchev–Trinajstić information content (AvgIpc) is 2.72. The number of likely N-dealkylation sites (N-methyl/N-ethyl adjacent to an activating group) is 1. The highest BCUT2D eigenvalue weighted by molar-refractivity contribution is 5.85. The first-order chi connectivity index (χ1) is 8.63. The molecule has 0 aliphatic heterocycles. The van der Waals surface area contributed by atoms with Crippen LogP contribution in [0.3, 0.4) is 0 Å². The van der Waals surface area contributed by atoms with Gasteiger partial charge >= 0.3 is 0 Å². The molecule has 0 saturated carbocycles. The van der Waals surface area contributed by atoms with Crippen LogP contribution in [-0.2, 0) is 16.7 Å². The fourth-order valence-corrected chi connectivity index (χ4v) is 1.61. The highest BCUT2D eigenvalue weighted by atomic mass is 16.7. The number of nitrogens with zero attached hydrogens (tertiary/aromatic N) is 3. The standard InChI is InChI=1S/C12H15N3O3/c1-14-10-7-5-4-6-9(10)12(13-14)18-8-11(16)15(2)17-3/h4-7H,8H2,1-3H3. The number of fused-ring (bicyclic) bond motifs is 1. The van der Waals surface area contributed by atoms with Crippen molar-refractivity contribution in [3.05, 3.63) is 24.3 Å². The number of carbonyl (C=O) groups is 1. The summed E-state index contributed by atoms with van der Waals surface area (Å²) in [5, 5.41) is 6.23. The molecule has 0 aliphatic carbocycles. The van der Waals surface area contributed by atoms with Gasteiger partial charge in [0.1, 0.15) is 0 Å². The molecule has 6 heteroatoms. The number of ether oxygens (including phenoxy) is 1. The minimum Gasteiger partial charge on any atom is -0.466 e. The number of para-hydroxylation sites is 1. The summed E-state index contributed by atoms with van der Waals surface area (Å²) < 4.78 is 7.14. The molecule has 18 heavy (non-hydrogen) atoms. The van der Waals surface area contributed by atoms with Crippen LogP contribution in [0.5, 0.6) is 5.88 Å². The van der Waals surface area contributed by atoms with Crippen LogP contribution in [0.25, 0.3) is 10.9 Å². The van der Waals surface area contributed by atoms with E-state index in [0.717, 1.165) is 16.0 Å². The summed E-state index contributed by atoms with van der Waals surface area (Å²) in [7, 11) is 4.79. The van der Waals surface area contributed by atoms with Crippen LogP contribution < -0.4 is 4.74 Å². The van der Waals surface area contributed by atoms with E-state index in [4.69, 9.17) is 9.57 Å². The number of hydrogen-bond donors (Lipinski definition) is 0. The molecule has 2 rings (SSSR count). The van der Waals surface area contributed by atoms with E-state index >= 15 is 0 Å². The number of amides is 1. The van der Waals surface area contributed by atoms with Crippen molar-refractivity contribution in [1.82, 2.24) is 14.8 Å². The Kier molecular flexibility index (Phi) is 3.47. The quantitative estimate of drug-likeness (QED) is 0.758. The molecule has 1 heterocycles. The first-order valence-corrected chi connectivity index (χ1v) is 5.48. The van der Waals surface area contributed by atoms with Crippen LogP contribution in [0, 0.1) is 0 Å². The summed E-state index contributed by atoms with van der Waals surface area (Å²) in [5.74, 6) is 0.179. The molecule has 96 valence electrons. The van der Waals surface area contributed by atoms with Gasteiger partial charge in [0, 0.05) is 14.1 Å². The van der Waals surface area contributed by atoms with Gasteiger partial charge in [-0.05, 0) is 12.1 Å². The molecule has 6 nitrogen and oxygen atoms in total. The number of hydrogen-bond acceptors (Lipinski definition) is 4. The molecular weight excluding hydrogens is 234 g/mol. The van der Waals surface area contributed by atoms with Crippen molar-refractivity contribution in [2.75, 3.05) is 20.8 Å². The molecule has 0 fully saturated rings. The number of aryl methyl sites for hydroxylation is 1. The zero-order valence-electron chi connectivity index (χ0n) is 10.6. The van der Waals surface area contributed by atoms with Gasteiger partial charge in [0.25, 0.3) is 5.91 Å². The lowest BCUT2D eigenvalue weighted by molar-refractivity contribution is -0.170. The van der Waals surface area contributed by atoms with Crippen molar-refractivity contribution in [3.63, 3.8) is 0 Å². The third-order valence-electron chi connectivity index (χ3n) is 2.68. The fraction of sp³-hybridized carbons (Fsp3) is 0.333. The third kappa shape index (κ3) is 2.28. The lowest BCUT2D eigenvalue weighted by Gasteiger charge is -2.13. The van der Waals surface area contributed by atoms with Gasteiger partial charge in [0.15, 0.2) is 6.61 Å². The van der Waals surface area contributed by atoms with E-state index in [2.05, 4.69) is 5.10 Å². The molecule has 0 saturated heterocycles. The van der Waals surface area contributed by atoms with Crippen LogP contribution >= 0.6 is 0 Å². The van der Waals surface area contributed by atoms with Gasteiger partial charge in [0.05, 0.1) is 18.0 Å². The molecule has 0 radical (unpaired) electrons. The van der Waals surface area contributed by atoms with Crippen LogP contribution in [0.2, 0.25) is 0 Å². The van der Waals surface area contributed by atoms with E-state index in [1.54, 1.807) is 4.68 Å². The lowest BCUT2D eigenvalue weighted by atomic mass is 10.2. The van der Waals surface area contributed by atoms with E-state index < -0.39 is 0 Å². The van der Waals surface area contributed by atoms with Crippen LogP contribution in [0.15, 0.2) is 24.3 Å². The third-order valence-corrected chi connectivity index (χ3v) is 2.68. The number of hydroxylamine groups is 2. The van der Waals surface area contributed by atoms with Gasteiger partial charge in [-0.1, -0.05) is 12.1 Å². The zero-order chi connectivity index (χ0) is 13.1. The number of carbonyl (C=O) groups excluding carboxylic acids is 1. The van der Waals surface area contributed by atoms with Crippen LogP contribution in [0.4, 0.5) is 0 Å². The number of benzene rings is 1. The van der Waals surface area contributed by atoms with E-state index in [1.807, 2.05) is 31.3 Å². The molecule has 0 N–H and O–H groups in total. The largest absolute Gasteiger partial charge is 0.466 e. The normalized spacial score (nSPS) is 10.6. The summed E-state index contributed by atoms with van der Waals surface area (Å²) in [4.78, 5) is 16.3. The highest BCUT2D eigenvalue weighted by Crippen LogP contribution is 2.23. The van der Waals surface area contributed by atoms with Gasteiger partial charge in [-0.3, -0.25) is 14.3 Å². The van der Waals surface area contributed by atoms with Crippen molar-refractivity contribution in [1.29, 1.82) is 0 Å². The minimum atomic E-state index is -0.271. The molecule has 1 aromatic carbocycles. The Bertz CT molecular complexity index is 565. The second-order valence-corrected chi connectivity index (χ2v) is 3.81. The zero-order valence-corrected chi connectivity index (χ0v) is 10.6. The lowest BCUT2D eigenvalue weighted by Crippen LogP contribution is -2.30. The predicted octanol–water partition coefficient (Wildman–Crippen LogP) is 0.972. The SMILES string of the molecule is CON(C)C(=O)COc1nn(C)c2ccccc12. The Balaban J connectivity index is 2.15. The predicted molar refractivity (Wildman–Crippen MR) is 66.0 cm³/mol. The monoisotopic (exact) mass is 249 g/mol. The molecule has 2 aromatic rings. The van der Waals surface area contributed by atoms with Crippen LogP contribution in [-0.4, -0.2) is 41.5 Å². The van der Waals surface area contributed by atoms with Gasteiger partial charge in [-0.25, -0.2) is 5.06 Å². The van der Waals surface area contributed by atoms with Crippen molar-refractivity contribution < 1.29 is 14.4 Å². The first kappa shape index (κ1) is 12.4. The van der Waals surface area contributed by atoms with Crippen LogP contribution in [0.1, 0.15) is 0 Å². The Morgan fingerprint density at radius 3 is 2.89 bits per heavy atom. The maximum atomic E-state index is 11.5. The smallest absolute Gasteiger partial charge is 0.283 e. The van der Waals surface area contributed by atoms with Gasteiger partial charge < -0.3 is 4.74 Å². The summed E-state index contributed by atoms with van der Waals surface area (Å²) in [6.07, 6.45) is 0. The first-order valence-electron chi connectivity index (χ1n) is 5.48. The van der Waals surface area contributed by atoms with Gasteiger partial charge in [-0.15, -0.1) is 5.10 Å². The number of rotatable bonds is 4. The van der Waals surface area contributed by atoms with Crippen molar-refractivity contribution in [3.8, 4) is 5.88 Å². The molecule has 1 aromatic heterocycles. The van der Waals surface area contributed by atoms with Gasteiger partial charge in [-0.2, -0.15) is 0 Å². The molecule has 0 aliphatic rings. The Labute approximate surface area is 105 Å². The average molecular weight is 249 g/mol. The summed E-state index contributed by atoms with van der Waals surface area (Å²) in [6.45, 7) is -0.106. The topological polar surface area (TPSA) is 56.6 Å². The molecule has 0 atom stereocenters. The minimum absolute atomic E-state index is 0.106. The fourth-order valence-electron chi connectivity index (χ4n) is 1.61. The van der Waals surface area contributed by atoms with Crippen molar-refractivity contribution >= 4 is 16.8 Å². The summed E-state index contributed by atoms with van der Waals surface area (Å²) >= 11 is 0. The summed E-state index contributed by atoms with van der Waals surface area (Å²) in [5.41, 5.74) is 0.958. The Hall–Kier alpha value is -2.08. The van der Waals surface area contributed by atoms with E-state index in [-0.39, 0.29) is 12.5 Å². The maximum Gasteiger partial charge on any atom is 0.283 e. The van der Waals surface area contributed by atoms with Crippen molar-refractivity contribution in [2.24, 2.45) is 7.05 Å². The molecule has 0 unspecified atom stereocenters. The maximum absolute atomic E-state index is 11.5. The molecule has 1 amide bonds. The molecular formula is C12H15N3O3. The molecule has 0 bridgehead atoms. The number of aromatic nitrogens is 2.